The SMILES string of the molecule is CC(C)n1cnnc1-c1cccc(Nc2cccc3[nH]c(C(N)=O)cc(=O)c23)n1. The number of aromatic nitrogens is 5. The lowest BCUT2D eigenvalue weighted by molar-refractivity contribution is 0.0996. The Morgan fingerprint density at radius 2 is 2.00 bits per heavy atom. The molecule has 0 saturated heterocycles. The number of nitrogens with zero attached hydrogens (tertiary/aromatic N) is 4. The van der Waals surface area contributed by atoms with E-state index in [1.807, 2.05) is 30.5 Å². The lowest BCUT2D eigenvalue weighted by Gasteiger charge is -2.12. The van der Waals surface area contributed by atoms with Gasteiger partial charge in [-0.3, -0.25) is 9.59 Å². The van der Waals surface area contributed by atoms with Crippen molar-refractivity contribution in [2.45, 2.75) is 19.9 Å². The predicted octanol–water partition coefficient (Wildman–Crippen LogP) is 2.60. The second kappa shape index (κ2) is 7.19. The van der Waals surface area contributed by atoms with E-state index in [1.54, 1.807) is 30.6 Å². The molecule has 0 fully saturated rings. The molecule has 4 N–H and O–H groups in total. The van der Waals surface area contributed by atoms with Crippen LogP contribution >= 0.6 is 0 Å². The minimum Gasteiger partial charge on any atom is -0.364 e. The fourth-order valence-corrected chi connectivity index (χ4v) is 3.11. The van der Waals surface area contributed by atoms with Crippen LogP contribution in [0.2, 0.25) is 0 Å². The van der Waals surface area contributed by atoms with Gasteiger partial charge in [-0.25, -0.2) is 4.98 Å². The van der Waals surface area contributed by atoms with Gasteiger partial charge in [0.2, 0.25) is 0 Å². The molecule has 0 aliphatic rings. The number of aromatic amines is 1. The molecule has 0 saturated carbocycles. The van der Waals surface area contributed by atoms with Gasteiger partial charge in [0.05, 0.1) is 16.6 Å². The number of nitrogens with two attached hydrogens (primary N) is 1. The first-order chi connectivity index (χ1) is 13.9. The minimum absolute atomic E-state index is 0.0628. The number of fused-ring (bicyclic) bond motifs is 1. The van der Waals surface area contributed by atoms with Crippen LogP contribution in [-0.2, 0) is 0 Å². The molecule has 1 amide bonds. The lowest BCUT2D eigenvalue weighted by Crippen LogP contribution is -2.17. The molecule has 4 rings (SSSR count). The van der Waals surface area contributed by atoms with Crippen molar-refractivity contribution in [1.29, 1.82) is 0 Å². The zero-order valence-corrected chi connectivity index (χ0v) is 15.9. The summed E-state index contributed by atoms with van der Waals surface area (Å²) >= 11 is 0. The summed E-state index contributed by atoms with van der Waals surface area (Å²) < 4.78 is 1.93. The molecular formula is C20H19N7O2. The van der Waals surface area contributed by atoms with E-state index in [2.05, 4.69) is 25.5 Å². The fourth-order valence-electron chi connectivity index (χ4n) is 3.11. The molecule has 3 aromatic heterocycles. The fraction of sp³-hybridized carbons (Fsp3) is 0.150. The van der Waals surface area contributed by atoms with Crippen molar-refractivity contribution in [2.24, 2.45) is 5.73 Å². The molecular weight excluding hydrogens is 370 g/mol. The van der Waals surface area contributed by atoms with Gasteiger partial charge in [-0.1, -0.05) is 12.1 Å². The number of carbonyl (C=O) groups is 1. The normalized spacial score (nSPS) is 11.1. The molecule has 0 spiro atoms. The van der Waals surface area contributed by atoms with Gasteiger partial charge >= 0.3 is 0 Å². The molecule has 0 unspecified atom stereocenters. The van der Waals surface area contributed by atoms with Crippen molar-refractivity contribution in [3.05, 3.63) is 64.7 Å². The second-order valence-electron chi connectivity index (χ2n) is 6.83. The summed E-state index contributed by atoms with van der Waals surface area (Å²) in [4.78, 5) is 31.5. The van der Waals surface area contributed by atoms with Gasteiger partial charge in [0.25, 0.3) is 5.91 Å². The van der Waals surface area contributed by atoms with Gasteiger partial charge < -0.3 is 20.6 Å². The Morgan fingerprint density at radius 3 is 2.76 bits per heavy atom. The first-order valence-electron chi connectivity index (χ1n) is 9.04. The number of hydrogen-bond donors (Lipinski definition) is 3. The summed E-state index contributed by atoms with van der Waals surface area (Å²) in [7, 11) is 0. The molecule has 0 aliphatic carbocycles. The van der Waals surface area contributed by atoms with Crippen molar-refractivity contribution in [1.82, 2.24) is 24.7 Å². The zero-order valence-electron chi connectivity index (χ0n) is 15.9. The van der Waals surface area contributed by atoms with E-state index in [-0.39, 0.29) is 17.2 Å². The number of amides is 1. The molecule has 3 heterocycles. The van der Waals surface area contributed by atoms with Gasteiger partial charge in [0, 0.05) is 12.1 Å². The standard InChI is InChI=1S/C20H19N7O2/c1-11(2)27-10-22-26-20(27)14-7-4-8-17(25-14)24-13-6-3-5-12-18(13)16(28)9-15(23-12)19(21)29/h3-11H,1-2H3,(H2,21,29)(H,23,28)(H,24,25). The summed E-state index contributed by atoms with van der Waals surface area (Å²) in [6.45, 7) is 4.08. The maximum atomic E-state index is 12.6. The van der Waals surface area contributed by atoms with Crippen LogP contribution in [0, 0.1) is 0 Å². The number of benzene rings is 1. The largest absolute Gasteiger partial charge is 0.364 e. The highest BCUT2D eigenvalue weighted by molar-refractivity contribution is 5.97. The topological polar surface area (TPSA) is 132 Å². The Balaban J connectivity index is 1.75. The highest BCUT2D eigenvalue weighted by atomic mass is 16.1. The maximum absolute atomic E-state index is 12.6. The number of rotatable bonds is 5. The van der Waals surface area contributed by atoms with Crippen LogP contribution in [-0.4, -0.2) is 30.6 Å². The van der Waals surface area contributed by atoms with Gasteiger partial charge in [0.15, 0.2) is 11.3 Å². The van der Waals surface area contributed by atoms with E-state index < -0.39 is 5.91 Å². The highest BCUT2D eigenvalue weighted by Gasteiger charge is 2.13. The van der Waals surface area contributed by atoms with Gasteiger partial charge in [-0.15, -0.1) is 10.2 Å². The van der Waals surface area contributed by atoms with Crippen molar-refractivity contribution < 1.29 is 4.79 Å². The van der Waals surface area contributed by atoms with E-state index in [0.717, 1.165) is 0 Å². The third kappa shape index (κ3) is 3.45. The van der Waals surface area contributed by atoms with Crippen LogP contribution in [0.3, 0.4) is 0 Å². The van der Waals surface area contributed by atoms with E-state index in [1.165, 1.54) is 6.07 Å². The Morgan fingerprint density at radius 1 is 1.21 bits per heavy atom. The van der Waals surface area contributed by atoms with Crippen LogP contribution in [0.5, 0.6) is 0 Å². The first kappa shape index (κ1) is 18.4. The maximum Gasteiger partial charge on any atom is 0.265 e. The lowest BCUT2D eigenvalue weighted by atomic mass is 10.1. The molecule has 1 aromatic carbocycles. The number of nitrogens with one attached hydrogen (secondary N) is 2. The van der Waals surface area contributed by atoms with Gasteiger partial charge in [0.1, 0.15) is 23.5 Å². The van der Waals surface area contributed by atoms with Crippen LogP contribution in [0.25, 0.3) is 22.4 Å². The van der Waals surface area contributed by atoms with Crippen LogP contribution in [0.1, 0.15) is 30.4 Å². The number of pyridine rings is 2. The number of H-pyrrole nitrogens is 1. The summed E-state index contributed by atoms with van der Waals surface area (Å²) in [6, 6.07) is 12.1. The highest BCUT2D eigenvalue weighted by Crippen LogP contribution is 2.25. The molecule has 9 heteroatoms. The van der Waals surface area contributed by atoms with Crippen molar-refractivity contribution in [3.63, 3.8) is 0 Å². The quantitative estimate of drug-likeness (QED) is 0.481. The number of anilines is 2. The Hall–Kier alpha value is -4.01. The molecule has 9 nitrogen and oxygen atoms in total. The smallest absolute Gasteiger partial charge is 0.265 e. The molecule has 0 radical (unpaired) electrons. The molecule has 0 aliphatic heterocycles. The van der Waals surface area contributed by atoms with E-state index >= 15 is 0 Å². The average molecular weight is 389 g/mol. The number of primary amides is 1. The second-order valence-corrected chi connectivity index (χ2v) is 6.83. The average Bonchev–Trinajstić information content (AvgIpc) is 3.18. The number of carbonyl (C=O) groups excluding carboxylic acids is 1. The van der Waals surface area contributed by atoms with Gasteiger partial charge in [-0.05, 0) is 38.1 Å². The number of hydrogen-bond acceptors (Lipinski definition) is 6. The van der Waals surface area contributed by atoms with Crippen molar-refractivity contribution in [2.75, 3.05) is 5.32 Å². The summed E-state index contributed by atoms with van der Waals surface area (Å²) in [5.41, 5.74) is 6.76. The minimum atomic E-state index is -0.689. The van der Waals surface area contributed by atoms with Crippen LogP contribution in [0.15, 0.2) is 53.6 Å². The van der Waals surface area contributed by atoms with Crippen molar-refractivity contribution >= 4 is 28.3 Å². The van der Waals surface area contributed by atoms with Gasteiger partial charge in [-0.2, -0.15) is 0 Å². The van der Waals surface area contributed by atoms with E-state index in [9.17, 15) is 9.59 Å². The Kier molecular flexibility index (Phi) is 4.55. The summed E-state index contributed by atoms with van der Waals surface area (Å²) in [5.74, 6) is 0.517. The molecule has 29 heavy (non-hydrogen) atoms. The Bertz CT molecular complexity index is 1270. The predicted molar refractivity (Wildman–Crippen MR) is 110 cm³/mol. The van der Waals surface area contributed by atoms with E-state index in [0.29, 0.717) is 33.9 Å². The van der Waals surface area contributed by atoms with Crippen molar-refractivity contribution in [3.8, 4) is 11.5 Å². The molecule has 146 valence electrons. The summed E-state index contributed by atoms with van der Waals surface area (Å²) in [6.07, 6.45) is 1.67. The van der Waals surface area contributed by atoms with Crippen LogP contribution < -0.4 is 16.5 Å². The third-order valence-electron chi connectivity index (χ3n) is 4.49. The van der Waals surface area contributed by atoms with E-state index in [4.69, 9.17) is 5.73 Å². The molecule has 0 atom stereocenters. The molecule has 4 aromatic rings. The molecule has 0 bridgehead atoms. The third-order valence-corrected chi connectivity index (χ3v) is 4.49. The monoisotopic (exact) mass is 389 g/mol. The van der Waals surface area contributed by atoms with Crippen LogP contribution in [0.4, 0.5) is 11.5 Å². The Labute approximate surface area is 165 Å². The zero-order chi connectivity index (χ0) is 20.5. The first-order valence-corrected chi connectivity index (χ1v) is 9.04. The summed E-state index contributed by atoms with van der Waals surface area (Å²) in [5, 5.41) is 11.7.